The number of methoxy groups -OCH3 is 1. The van der Waals surface area contributed by atoms with Crippen LogP contribution in [0, 0.1) is 5.95 Å². The molecular weight excluding hydrogens is 205 g/mol. The summed E-state index contributed by atoms with van der Waals surface area (Å²) in [6, 6.07) is 12.5. The Morgan fingerprint density at radius 2 is 1.88 bits per heavy atom. The molecule has 0 fully saturated rings. The van der Waals surface area contributed by atoms with Crippen molar-refractivity contribution in [3.8, 4) is 5.75 Å². The summed E-state index contributed by atoms with van der Waals surface area (Å²) in [5.41, 5.74) is 1.04. The highest BCUT2D eigenvalue weighted by Gasteiger charge is 2.08. The molecule has 82 valence electrons. The van der Waals surface area contributed by atoms with E-state index in [9.17, 15) is 4.39 Å². The van der Waals surface area contributed by atoms with Crippen LogP contribution >= 0.6 is 0 Å². The molecule has 0 aliphatic heterocycles. The van der Waals surface area contributed by atoms with E-state index in [1.807, 2.05) is 30.3 Å². The van der Waals surface area contributed by atoms with Gasteiger partial charge in [-0.25, -0.2) is 0 Å². The van der Waals surface area contributed by atoms with E-state index in [-0.39, 0.29) is 5.95 Å². The second-order valence-electron chi connectivity index (χ2n) is 3.50. The molecule has 3 heteroatoms. The van der Waals surface area contributed by atoms with E-state index in [2.05, 4.69) is 0 Å². The molecule has 1 aromatic carbocycles. The minimum atomic E-state index is -0.238. The first-order valence-corrected chi connectivity index (χ1v) is 5.06. The number of hydrogen-bond acceptors (Lipinski definition) is 1. The third-order valence-electron chi connectivity index (χ3n) is 2.40. The summed E-state index contributed by atoms with van der Waals surface area (Å²) in [6.07, 6.45) is 1.72. The van der Waals surface area contributed by atoms with Crippen LogP contribution in [0.15, 0.2) is 48.7 Å². The highest BCUT2D eigenvalue weighted by Crippen LogP contribution is 2.10. The van der Waals surface area contributed by atoms with Crippen molar-refractivity contribution >= 4 is 0 Å². The highest BCUT2D eigenvalue weighted by molar-refractivity contribution is 5.26. The van der Waals surface area contributed by atoms with E-state index in [1.54, 1.807) is 23.9 Å². The van der Waals surface area contributed by atoms with E-state index in [4.69, 9.17) is 4.74 Å². The smallest absolute Gasteiger partial charge is 0.359 e. The number of pyridine rings is 1. The molecule has 0 saturated carbocycles. The molecule has 2 nitrogen and oxygen atoms in total. The Morgan fingerprint density at radius 1 is 1.12 bits per heavy atom. The second-order valence-corrected chi connectivity index (χ2v) is 3.50. The standard InChI is InChI=1S/C13H13FNO/c1-16-12-7-5-11(6-8-12)10-15-9-3-2-4-13(15)14/h2-9H,10H2,1H3/q+1. The van der Waals surface area contributed by atoms with Gasteiger partial charge in [0.1, 0.15) is 5.75 Å². The van der Waals surface area contributed by atoms with Gasteiger partial charge < -0.3 is 4.74 Å². The van der Waals surface area contributed by atoms with Crippen LogP contribution in [0.1, 0.15) is 5.56 Å². The third kappa shape index (κ3) is 2.37. The van der Waals surface area contributed by atoms with Gasteiger partial charge in [0.25, 0.3) is 0 Å². The number of hydrogen-bond donors (Lipinski definition) is 0. The topological polar surface area (TPSA) is 13.1 Å². The van der Waals surface area contributed by atoms with Gasteiger partial charge >= 0.3 is 5.95 Å². The minimum Gasteiger partial charge on any atom is -0.497 e. The maximum atomic E-state index is 13.4. The zero-order chi connectivity index (χ0) is 11.4. The van der Waals surface area contributed by atoms with Gasteiger partial charge in [0.2, 0.25) is 0 Å². The van der Waals surface area contributed by atoms with E-state index < -0.39 is 0 Å². The molecule has 1 heterocycles. The van der Waals surface area contributed by atoms with Crippen molar-refractivity contribution in [3.05, 3.63) is 60.2 Å². The Morgan fingerprint density at radius 3 is 2.50 bits per heavy atom. The fraction of sp³-hybridized carbons (Fsp3) is 0.154. The molecule has 0 unspecified atom stereocenters. The number of ether oxygens (including phenoxy) is 1. The van der Waals surface area contributed by atoms with Crippen LogP contribution in [0.2, 0.25) is 0 Å². The summed E-state index contributed by atoms with van der Waals surface area (Å²) in [5.74, 6) is 0.570. The molecule has 0 saturated heterocycles. The lowest BCUT2D eigenvalue weighted by Gasteiger charge is -2.01. The van der Waals surface area contributed by atoms with E-state index >= 15 is 0 Å². The lowest BCUT2D eigenvalue weighted by molar-refractivity contribution is -0.716. The first kappa shape index (κ1) is 10.6. The number of halogens is 1. The van der Waals surface area contributed by atoms with E-state index in [0.29, 0.717) is 6.54 Å². The van der Waals surface area contributed by atoms with Crippen molar-refractivity contribution in [3.63, 3.8) is 0 Å². The SMILES string of the molecule is COc1ccc(C[n+]2ccccc2F)cc1. The van der Waals surface area contributed by atoms with Crippen molar-refractivity contribution in [2.24, 2.45) is 0 Å². The maximum absolute atomic E-state index is 13.4. The van der Waals surface area contributed by atoms with Gasteiger partial charge in [-0.1, -0.05) is 0 Å². The van der Waals surface area contributed by atoms with Crippen LogP contribution in [-0.4, -0.2) is 7.11 Å². The first-order valence-electron chi connectivity index (χ1n) is 5.06. The first-order chi connectivity index (χ1) is 7.79. The van der Waals surface area contributed by atoms with Gasteiger partial charge in [-0.3, -0.25) is 0 Å². The zero-order valence-corrected chi connectivity index (χ0v) is 9.06. The Labute approximate surface area is 93.9 Å². The Bertz CT molecular complexity index is 468. The number of aromatic nitrogens is 1. The fourth-order valence-corrected chi connectivity index (χ4v) is 1.51. The molecule has 0 amide bonds. The minimum absolute atomic E-state index is 0.238. The Hall–Kier alpha value is -1.90. The van der Waals surface area contributed by atoms with Gasteiger partial charge in [-0.2, -0.15) is 4.57 Å². The molecule has 0 bridgehead atoms. The van der Waals surface area contributed by atoms with Gasteiger partial charge in [0.15, 0.2) is 12.7 Å². The lowest BCUT2D eigenvalue weighted by atomic mass is 10.2. The van der Waals surface area contributed by atoms with Crippen LogP contribution in [0.25, 0.3) is 0 Å². The zero-order valence-electron chi connectivity index (χ0n) is 9.06. The molecule has 0 atom stereocenters. The number of rotatable bonds is 3. The highest BCUT2D eigenvalue weighted by atomic mass is 19.1. The summed E-state index contributed by atoms with van der Waals surface area (Å²) < 4.78 is 20.0. The van der Waals surface area contributed by atoms with E-state index in [1.165, 1.54) is 6.07 Å². The predicted molar refractivity (Wildman–Crippen MR) is 58.7 cm³/mol. The fourth-order valence-electron chi connectivity index (χ4n) is 1.51. The summed E-state index contributed by atoms with van der Waals surface area (Å²) in [4.78, 5) is 0. The van der Waals surface area contributed by atoms with Gasteiger partial charge in [0.05, 0.1) is 7.11 Å². The average Bonchev–Trinajstić information content (AvgIpc) is 2.33. The van der Waals surface area contributed by atoms with Crippen LogP contribution in [0.3, 0.4) is 0 Å². The molecule has 2 rings (SSSR count). The predicted octanol–water partition coefficient (Wildman–Crippen LogP) is 2.17. The quantitative estimate of drug-likeness (QED) is 0.568. The third-order valence-corrected chi connectivity index (χ3v) is 2.40. The van der Waals surface area contributed by atoms with Crippen molar-refractivity contribution < 1.29 is 13.7 Å². The maximum Gasteiger partial charge on any atom is 0.359 e. The average molecular weight is 218 g/mol. The molecule has 1 aromatic heterocycles. The molecule has 16 heavy (non-hydrogen) atoms. The summed E-state index contributed by atoms with van der Waals surface area (Å²) >= 11 is 0. The summed E-state index contributed by atoms with van der Waals surface area (Å²) in [6.45, 7) is 0.524. The molecule has 0 aliphatic carbocycles. The van der Waals surface area contributed by atoms with Gasteiger partial charge in [-0.05, 0) is 30.3 Å². The molecule has 2 aromatic rings. The van der Waals surface area contributed by atoms with Crippen molar-refractivity contribution in [1.29, 1.82) is 0 Å². The Balaban J connectivity index is 2.18. The largest absolute Gasteiger partial charge is 0.497 e. The number of benzene rings is 1. The van der Waals surface area contributed by atoms with Crippen LogP contribution in [0.5, 0.6) is 5.75 Å². The van der Waals surface area contributed by atoms with Crippen molar-refractivity contribution in [2.45, 2.75) is 6.54 Å². The number of nitrogens with zero attached hydrogens (tertiary/aromatic N) is 1. The van der Waals surface area contributed by atoms with Crippen molar-refractivity contribution in [2.75, 3.05) is 7.11 Å². The van der Waals surface area contributed by atoms with Crippen LogP contribution in [-0.2, 0) is 6.54 Å². The Kier molecular flexibility index (Phi) is 3.15. The molecular formula is C13H13FNO+. The van der Waals surface area contributed by atoms with Crippen molar-refractivity contribution in [1.82, 2.24) is 0 Å². The van der Waals surface area contributed by atoms with Crippen LogP contribution < -0.4 is 9.30 Å². The summed E-state index contributed by atoms with van der Waals surface area (Å²) in [5, 5.41) is 0. The molecule has 0 N–H and O–H groups in total. The molecule has 0 radical (unpaired) electrons. The van der Waals surface area contributed by atoms with Gasteiger partial charge in [-0.15, -0.1) is 4.39 Å². The summed E-state index contributed by atoms with van der Waals surface area (Å²) in [7, 11) is 1.63. The normalized spacial score (nSPS) is 10.1. The molecule has 0 aliphatic rings. The monoisotopic (exact) mass is 218 g/mol. The lowest BCUT2D eigenvalue weighted by Crippen LogP contribution is -2.37. The second kappa shape index (κ2) is 4.75. The van der Waals surface area contributed by atoms with Gasteiger partial charge in [0, 0.05) is 17.7 Å². The van der Waals surface area contributed by atoms with Crippen LogP contribution in [0.4, 0.5) is 4.39 Å². The molecule has 0 spiro atoms. The van der Waals surface area contributed by atoms with E-state index in [0.717, 1.165) is 11.3 Å².